The van der Waals surface area contributed by atoms with E-state index in [1.165, 1.54) is 22.7 Å². The number of fused-ring (bicyclic) bond motifs is 1. The van der Waals surface area contributed by atoms with Gasteiger partial charge in [0.15, 0.2) is 0 Å². The van der Waals surface area contributed by atoms with Crippen LogP contribution in [0.4, 0.5) is 15.8 Å². The van der Waals surface area contributed by atoms with Crippen LogP contribution < -0.4 is 10.2 Å². The largest absolute Gasteiger partial charge is 0.369 e. The lowest BCUT2D eigenvalue weighted by atomic mass is 10.1. The number of carbonyl (C=O) groups is 1. The molecule has 2 N–H and O–H groups in total. The summed E-state index contributed by atoms with van der Waals surface area (Å²) in [4.78, 5) is 17.8. The second kappa shape index (κ2) is 7.73. The highest BCUT2D eigenvalue weighted by Gasteiger charge is 2.23. The van der Waals surface area contributed by atoms with Crippen LogP contribution in [0.25, 0.3) is 10.9 Å². The van der Waals surface area contributed by atoms with Gasteiger partial charge in [0, 0.05) is 42.9 Å². The summed E-state index contributed by atoms with van der Waals surface area (Å²) in [7, 11) is -3.18. The number of hydrogen-bond acceptors (Lipinski definition) is 4. The average molecular weight is 431 g/mol. The van der Waals surface area contributed by atoms with Crippen molar-refractivity contribution in [2.45, 2.75) is 6.92 Å². The van der Waals surface area contributed by atoms with E-state index in [0.717, 1.165) is 11.3 Å². The van der Waals surface area contributed by atoms with Crippen LogP contribution in [0.1, 0.15) is 16.1 Å². The van der Waals surface area contributed by atoms with Crippen LogP contribution in [0.5, 0.6) is 0 Å². The minimum absolute atomic E-state index is 0.283. The van der Waals surface area contributed by atoms with Gasteiger partial charge < -0.3 is 15.2 Å². The Morgan fingerprint density at radius 1 is 1.10 bits per heavy atom. The van der Waals surface area contributed by atoms with Gasteiger partial charge in [-0.05, 0) is 42.8 Å². The van der Waals surface area contributed by atoms with Gasteiger partial charge in [-0.1, -0.05) is 12.1 Å². The summed E-state index contributed by atoms with van der Waals surface area (Å²) in [6.45, 7) is 3.85. The van der Waals surface area contributed by atoms with Crippen LogP contribution in [-0.4, -0.2) is 56.0 Å². The summed E-state index contributed by atoms with van der Waals surface area (Å²) >= 11 is 0. The second-order valence-corrected chi connectivity index (χ2v) is 9.47. The Kier molecular flexibility index (Phi) is 5.25. The predicted octanol–water partition coefficient (Wildman–Crippen LogP) is 2.95. The maximum absolute atomic E-state index is 14.0. The molecule has 0 aliphatic carbocycles. The topological polar surface area (TPSA) is 85.5 Å². The van der Waals surface area contributed by atoms with Crippen LogP contribution in [0.2, 0.25) is 0 Å². The number of nitrogens with one attached hydrogen (secondary N) is 2. The van der Waals surface area contributed by atoms with E-state index in [1.54, 1.807) is 12.1 Å². The Morgan fingerprint density at radius 2 is 1.83 bits per heavy atom. The van der Waals surface area contributed by atoms with Crippen LogP contribution in [-0.2, 0) is 10.0 Å². The highest BCUT2D eigenvalue weighted by molar-refractivity contribution is 7.88. The minimum atomic E-state index is -3.18. The standard InChI is InChI=1S/C21H23FN4O3S/c1-14-6-7-18(22)17-13-19(24-20(14)17)21(27)23-15-4-3-5-16(12-15)25-8-10-26(11-9-25)30(2,28)29/h3-7,12-13,24H,8-11H2,1-2H3,(H,23,27). The van der Waals surface area contributed by atoms with E-state index in [-0.39, 0.29) is 17.4 Å². The number of benzene rings is 2. The van der Waals surface area contributed by atoms with Gasteiger partial charge in [0.05, 0.1) is 11.8 Å². The number of aromatic nitrogens is 1. The number of carbonyl (C=O) groups excluding carboxylic acids is 1. The summed E-state index contributed by atoms with van der Waals surface area (Å²) in [6.07, 6.45) is 1.22. The fourth-order valence-electron chi connectivity index (χ4n) is 3.70. The van der Waals surface area contributed by atoms with Crippen molar-refractivity contribution in [1.29, 1.82) is 0 Å². The van der Waals surface area contributed by atoms with E-state index in [0.29, 0.717) is 42.8 Å². The molecular formula is C21H23FN4O3S. The maximum Gasteiger partial charge on any atom is 0.272 e. The molecule has 1 aromatic heterocycles. The van der Waals surface area contributed by atoms with Gasteiger partial charge in [-0.25, -0.2) is 12.8 Å². The molecule has 0 spiro atoms. The van der Waals surface area contributed by atoms with Crippen molar-refractivity contribution in [3.8, 4) is 0 Å². The number of nitrogens with zero attached hydrogens (tertiary/aromatic N) is 2. The highest BCUT2D eigenvalue weighted by atomic mass is 32.2. The molecule has 2 aromatic carbocycles. The molecule has 1 aliphatic rings. The number of piperazine rings is 1. The quantitative estimate of drug-likeness (QED) is 0.667. The molecule has 0 unspecified atom stereocenters. The van der Waals surface area contributed by atoms with Crippen molar-refractivity contribution in [2.24, 2.45) is 0 Å². The Balaban J connectivity index is 1.49. The number of amides is 1. The number of H-pyrrole nitrogens is 1. The minimum Gasteiger partial charge on any atom is -0.369 e. The van der Waals surface area contributed by atoms with Gasteiger partial charge in [0.1, 0.15) is 11.5 Å². The fourth-order valence-corrected chi connectivity index (χ4v) is 4.53. The zero-order valence-corrected chi connectivity index (χ0v) is 17.6. The number of sulfonamides is 1. The van der Waals surface area contributed by atoms with Gasteiger partial charge in [0.25, 0.3) is 5.91 Å². The first-order chi connectivity index (χ1) is 14.2. The van der Waals surface area contributed by atoms with Crippen LogP contribution in [0, 0.1) is 12.7 Å². The molecule has 30 heavy (non-hydrogen) atoms. The Morgan fingerprint density at radius 3 is 2.50 bits per heavy atom. The van der Waals surface area contributed by atoms with E-state index >= 15 is 0 Å². The van der Waals surface area contributed by atoms with Crippen LogP contribution in [0.3, 0.4) is 0 Å². The first-order valence-electron chi connectivity index (χ1n) is 9.62. The number of halogens is 1. The zero-order chi connectivity index (χ0) is 21.5. The summed E-state index contributed by atoms with van der Waals surface area (Å²) in [6, 6.07) is 12.0. The first kappa shape index (κ1) is 20.4. The number of aryl methyl sites for hydroxylation is 1. The lowest BCUT2D eigenvalue weighted by Crippen LogP contribution is -2.48. The smallest absolute Gasteiger partial charge is 0.272 e. The number of anilines is 2. The van der Waals surface area contributed by atoms with Crippen molar-refractivity contribution >= 4 is 38.2 Å². The van der Waals surface area contributed by atoms with Crippen LogP contribution >= 0.6 is 0 Å². The summed E-state index contributed by atoms with van der Waals surface area (Å²) in [5.41, 5.74) is 3.27. The third-order valence-electron chi connectivity index (χ3n) is 5.37. The molecule has 7 nitrogen and oxygen atoms in total. The molecule has 0 bridgehead atoms. The Bertz CT molecular complexity index is 1180. The maximum atomic E-state index is 14.0. The molecule has 4 rings (SSSR count). The molecule has 9 heteroatoms. The first-order valence-corrected chi connectivity index (χ1v) is 11.5. The second-order valence-electron chi connectivity index (χ2n) is 7.49. The number of hydrogen-bond donors (Lipinski definition) is 2. The van der Waals surface area contributed by atoms with Gasteiger partial charge in [-0.2, -0.15) is 4.31 Å². The molecule has 1 aliphatic heterocycles. The monoisotopic (exact) mass is 430 g/mol. The van der Waals surface area contributed by atoms with Gasteiger partial charge in [-0.15, -0.1) is 0 Å². The normalized spacial score (nSPS) is 15.5. The van der Waals surface area contributed by atoms with Gasteiger partial charge in [-0.3, -0.25) is 4.79 Å². The lowest BCUT2D eigenvalue weighted by Gasteiger charge is -2.34. The van der Waals surface area contributed by atoms with E-state index in [9.17, 15) is 17.6 Å². The molecular weight excluding hydrogens is 407 g/mol. The zero-order valence-electron chi connectivity index (χ0n) is 16.8. The van der Waals surface area contributed by atoms with Crippen molar-refractivity contribution in [2.75, 3.05) is 42.7 Å². The average Bonchev–Trinajstić information content (AvgIpc) is 3.18. The molecule has 1 fully saturated rings. The third-order valence-corrected chi connectivity index (χ3v) is 6.67. The number of aromatic amines is 1. The molecule has 0 radical (unpaired) electrons. The van der Waals surface area contributed by atoms with Gasteiger partial charge in [0.2, 0.25) is 10.0 Å². The molecule has 0 atom stereocenters. The SMILES string of the molecule is Cc1ccc(F)c2cc(C(=O)Nc3cccc(N4CCN(S(C)(=O)=O)CC4)c3)[nH]c12. The Labute approximate surface area is 174 Å². The van der Waals surface area contributed by atoms with E-state index in [4.69, 9.17) is 0 Å². The summed E-state index contributed by atoms with van der Waals surface area (Å²) in [5, 5.41) is 3.23. The van der Waals surface area contributed by atoms with E-state index in [2.05, 4.69) is 15.2 Å². The molecule has 158 valence electrons. The van der Waals surface area contributed by atoms with Crippen LogP contribution in [0.15, 0.2) is 42.5 Å². The lowest BCUT2D eigenvalue weighted by molar-refractivity contribution is 0.102. The number of rotatable bonds is 4. The van der Waals surface area contributed by atoms with Crippen molar-refractivity contribution in [1.82, 2.24) is 9.29 Å². The van der Waals surface area contributed by atoms with Crippen molar-refractivity contribution in [3.63, 3.8) is 0 Å². The molecule has 1 saturated heterocycles. The molecule has 0 saturated carbocycles. The highest BCUT2D eigenvalue weighted by Crippen LogP contribution is 2.24. The summed E-state index contributed by atoms with van der Waals surface area (Å²) < 4.78 is 38.9. The van der Waals surface area contributed by atoms with E-state index in [1.807, 2.05) is 25.1 Å². The molecule has 2 heterocycles. The van der Waals surface area contributed by atoms with Crippen molar-refractivity contribution in [3.05, 3.63) is 59.5 Å². The fraction of sp³-hybridized carbons (Fsp3) is 0.286. The predicted molar refractivity (Wildman–Crippen MR) is 116 cm³/mol. The summed E-state index contributed by atoms with van der Waals surface area (Å²) in [5.74, 6) is -0.731. The van der Waals surface area contributed by atoms with Crippen molar-refractivity contribution < 1.29 is 17.6 Å². The Hall–Kier alpha value is -2.91. The van der Waals surface area contributed by atoms with E-state index < -0.39 is 10.0 Å². The van der Waals surface area contributed by atoms with Gasteiger partial charge >= 0.3 is 0 Å². The molecule has 1 amide bonds. The third kappa shape index (κ3) is 4.03. The molecule has 3 aromatic rings.